The summed E-state index contributed by atoms with van der Waals surface area (Å²) in [5, 5.41) is 6.63. The summed E-state index contributed by atoms with van der Waals surface area (Å²) in [4.78, 5) is 16.7. The van der Waals surface area contributed by atoms with Crippen LogP contribution >= 0.6 is 0 Å². The molecule has 1 aliphatic carbocycles. The van der Waals surface area contributed by atoms with Crippen LogP contribution in [0.5, 0.6) is 0 Å². The summed E-state index contributed by atoms with van der Waals surface area (Å²) >= 11 is 0. The fraction of sp³-hybridized carbons (Fsp3) is 0.667. The van der Waals surface area contributed by atoms with E-state index in [9.17, 15) is 4.79 Å². The van der Waals surface area contributed by atoms with Crippen LogP contribution in [0.4, 0.5) is 5.82 Å². The fourth-order valence-electron chi connectivity index (χ4n) is 3.61. The minimum absolute atomic E-state index is 0.109. The predicted octanol–water partition coefficient (Wildman–Crippen LogP) is 2.74. The fourth-order valence-corrected chi connectivity index (χ4v) is 3.61. The maximum atomic E-state index is 12.4. The monoisotopic (exact) mass is 317 g/mol. The van der Waals surface area contributed by atoms with Crippen LogP contribution in [0.3, 0.4) is 0 Å². The number of hydrogen-bond acceptors (Lipinski definition) is 4. The summed E-state index contributed by atoms with van der Waals surface area (Å²) in [5.41, 5.74) is -0.109. The molecule has 3 rings (SSSR count). The first kappa shape index (κ1) is 16.2. The Morgan fingerprint density at radius 1 is 1.22 bits per heavy atom. The molecule has 0 bridgehead atoms. The van der Waals surface area contributed by atoms with Crippen LogP contribution in [0.15, 0.2) is 24.4 Å². The SMILES string of the molecule is CC1(C)CC(NC(=O)C2CCC(Nc3ccccn3)CC2)CO1. The number of amides is 1. The van der Waals surface area contributed by atoms with Crippen molar-refractivity contribution in [2.45, 2.75) is 63.6 Å². The first-order valence-electron chi connectivity index (χ1n) is 8.64. The van der Waals surface area contributed by atoms with Crippen LogP contribution in [0.25, 0.3) is 0 Å². The number of rotatable bonds is 4. The molecule has 1 saturated carbocycles. The third kappa shape index (κ3) is 4.44. The van der Waals surface area contributed by atoms with Gasteiger partial charge >= 0.3 is 0 Å². The zero-order chi connectivity index (χ0) is 16.3. The molecule has 0 aromatic carbocycles. The van der Waals surface area contributed by atoms with Gasteiger partial charge < -0.3 is 15.4 Å². The Labute approximate surface area is 138 Å². The summed E-state index contributed by atoms with van der Waals surface area (Å²) in [6.45, 7) is 4.79. The number of nitrogens with zero attached hydrogens (tertiary/aromatic N) is 1. The zero-order valence-corrected chi connectivity index (χ0v) is 14.0. The minimum Gasteiger partial charge on any atom is -0.373 e. The lowest BCUT2D eigenvalue weighted by molar-refractivity contribution is -0.126. The highest BCUT2D eigenvalue weighted by molar-refractivity contribution is 5.79. The average Bonchev–Trinajstić information content (AvgIpc) is 2.88. The molecule has 1 aliphatic heterocycles. The van der Waals surface area contributed by atoms with Gasteiger partial charge in [-0.3, -0.25) is 4.79 Å². The zero-order valence-electron chi connectivity index (χ0n) is 14.0. The molecule has 2 aliphatic rings. The first-order valence-corrected chi connectivity index (χ1v) is 8.64. The van der Waals surface area contributed by atoms with E-state index in [2.05, 4.69) is 29.5 Å². The first-order chi connectivity index (χ1) is 11.0. The quantitative estimate of drug-likeness (QED) is 0.896. The van der Waals surface area contributed by atoms with Gasteiger partial charge in [-0.25, -0.2) is 4.98 Å². The van der Waals surface area contributed by atoms with Crippen molar-refractivity contribution in [3.63, 3.8) is 0 Å². The van der Waals surface area contributed by atoms with Crippen molar-refractivity contribution in [1.82, 2.24) is 10.3 Å². The highest BCUT2D eigenvalue weighted by Crippen LogP contribution is 2.28. The van der Waals surface area contributed by atoms with Gasteiger partial charge in [-0.1, -0.05) is 6.07 Å². The van der Waals surface area contributed by atoms with Gasteiger partial charge in [0.1, 0.15) is 5.82 Å². The summed E-state index contributed by atoms with van der Waals surface area (Å²) < 4.78 is 5.69. The molecule has 1 saturated heterocycles. The van der Waals surface area contributed by atoms with Crippen LogP contribution in [0.2, 0.25) is 0 Å². The standard InChI is InChI=1S/C18H27N3O2/c1-18(2)11-15(12-23-18)21-17(22)13-6-8-14(9-7-13)20-16-5-3-4-10-19-16/h3-5,10,13-15H,6-9,11-12H2,1-2H3,(H,19,20)(H,21,22). The number of nitrogens with one attached hydrogen (secondary N) is 2. The van der Waals surface area contributed by atoms with E-state index in [-0.39, 0.29) is 23.5 Å². The van der Waals surface area contributed by atoms with E-state index in [1.165, 1.54) is 0 Å². The molecular formula is C18H27N3O2. The minimum atomic E-state index is -0.109. The molecule has 0 radical (unpaired) electrons. The highest BCUT2D eigenvalue weighted by Gasteiger charge is 2.34. The molecule has 5 nitrogen and oxygen atoms in total. The summed E-state index contributed by atoms with van der Waals surface area (Å²) in [5.74, 6) is 1.26. The smallest absolute Gasteiger partial charge is 0.223 e. The second-order valence-electron chi connectivity index (χ2n) is 7.39. The maximum absolute atomic E-state index is 12.4. The third-order valence-electron chi connectivity index (χ3n) is 4.87. The van der Waals surface area contributed by atoms with Crippen molar-refractivity contribution in [3.8, 4) is 0 Å². The lowest BCUT2D eigenvalue weighted by atomic mass is 9.85. The average molecular weight is 317 g/mol. The van der Waals surface area contributed by atoms with E-state index in [0.717, 1.165) is 37.9 Å². The van der Waals surface area contributed by atoms with Crippen molar-refractivity contribution in [3.05, 3.63) is 24.4 Å². The van der Waals surface area contributed by atoms with Gasteiger partial charge in [0.15, 0.2) is 0 Å². The van der Waals surface area contributed by atoms with E-state index < -0.39 is 0 Å². The molecule has 1 aromatic heterocycles. The Morgan fingerprint density at radius 3 is 2.61 bits per heavy atom. The Morgan fingerprint density at radius 2 is 2.00 bits per heavy atom. The van der Waals surface area contributed by atoms with Crippen LogP contribution in [0, 0.1) is 5.92 Å². The number of aromatic nitrogens is 1. The summed E-state index contributed by atoms with van der Waals surface area (Å²) in [6.07, 6.45) is 6.60. The van der Waals surface area contributed by atoms with Crippen LogP contribution in [-0.2, 0) is 9.53 Å². The van der Waals surface area contributed by atoms with Crippen molar-refractivity contribution in [2.75, 3.05) is 11.9 Å². The van der Waals surface area contributed by atoms with E-state index in [1.54, 1.807) is 6.20 Å². The Balaban J connectivity index is 1.43. The van der Waals surface area contributed by atoms with Gasteiger partial charge in [0.2, 0.25) is 5.91 Å². The molecule has 1 unspecified atom stereocenters. The lowest BCUT2D eigenvalue weighted by Crippen LogP contribution is -2.41. The molecular weight excluding hydrogens is 290 g/mol. The van der Waals surface area contributed by atoms with Gasteiger partial charge in [-0.05, 0) is 58.1 Å². The number of pyridine rings is 1. The molecule has 1 amide bonds. The number of carbonyl (C=O) groups is 1. The number of hydrogen-bond donors (Lipinski definition) is 2. The van der Waals surface area contributed by atoms with Crippen molar-refractivity contribution >= 4 is 11.7 Å². The van der Waals surface area contributed by atoms with E-state index in [0.29, 0.717) is 12.6 Å². The van der Waals surface area contributed by atoms with Gasteiger partial charge in [0.25, 0.3) is 0 Å². The third-order valence-corrected chi connectivity index (χ3v) is 4.87. The Kier molecular flexibility index (Phi) is 4.85. The molecule has 2 N–H and O–H groups in total. The van der Waals surface area contributed by atoms with Crippen molar-refractivity contribution in [1.29, 1.82) is 0 Å². The molecule has 1 atom stereocenters. The molecule has 1 aromatic rings. The van der Waals surface area contributed by atoms with Crippen molar-refractivity contribution < 1.29 is 9.53 Å². The number of carbonyl (C=O) groups excluding carboxylic acids is 1. The van der Waals surface area contributed by atoms with Gasteiger partial charge in [0.05, 0.1) is 18.2 Å². The Bertz CT molecular complexity index is 524. The van der Waals surface area contributed by atoms with E-state index >= 15 is 0 Å². The number of ether oxygens (including phenoxy) is 1. The van der Waals surface area contributed by atoms with E-state index in [1.807, 2.05) is 18.2 Å². The topological polar surface area (TPSA) is 63.2 Å². The van der Waals surface area contributed by atoms with Gasteiger partial charge in [-0.15, -0.1) is 0 Å². The summed E-state index contributed by atoms with van der Waals surface area (Å²) in [7, 11) is 0. The van der Waals surface area contributed by atoms with E-state index in [4.69, 9.17) is 4.74 Å². The van der Waals surface area contributed by atoms with Gasteiger partial charge in [0, 0.05) is 18.2 Å². The predicted molar refractivity (Wildman–Crippen MR) is 90.2 cm³/mol. The second-order valence-corrected chi connectivity index (χ2v) is 7.39. The Hall–Kier alpha value is -1.62. The van der Waals surface area contributed by atoms with Crippen LogP contribution in [0.1, 0.15) is 46.0 Å². The highest BCUT2D eigenvalue weighted by atomic mass is 16.5. The number of anilines is 1. The molecule has 126 valence electrons. The normalized spacial score (nSPS) is 29.9. The molecule has 2 fully saturated rings. The largest absolute Gasteiger partial charge is 0.373 e. The summed E-state index contributed by atoms with van der Waals surface area (Å²) in [6, 6.07) is 6.48. The van der Waals surface area contributed by atoms with Crippen LogP contribution < -0.4 is 10.6 Å². The maximum Gasteiger partial charge on any atom is 0.223 e. The molecule has 23 heavy (non-hydrogen) atoms. The van der Waals surface area contributed by atoms with Gasteiger partial charge in [-0.2, -0.15) is 0 Å². The molecule has 5 heteroatoms. The van der Waals surface area contributed by atoms with Crippen LogP contribution in [-0.4, -0.2) is 35.2 Å². The molecule has 0 spiro atoms. The second kappa shape index (κ2) is 6.87. The van der Waals surface area contributed by atoms with Crippen molar-refractivity contribution in [2.24, 2.45) is 5.92 Å². The lowest BCUT2D eigenvalue weighted by Gasteiger charge is -2.29. The molecule has 2 heterocycles.